The van der Waals surface area contributed by atoms with Crippen LogP contribution in [0.25, 0.3) is 0 Å². The normalized spacial score (nSPS) is 17.7. The summed E-state index contributed by atoms with van der Waals surface area (Å²) in [4.78, 5) is 18.9. The Bertz CT molecular complexity index is 314. The zero-order chi connectivity index (χ0) is 14.4. The first kappa shape index (κ1) is 16.3. The van der Waals surface area contributed by atoms with Gasteiger partial charge in [-0.2, -0.15) is 0 Å². The van der Waals surface area contributed by atoms with Crippen molar-refractivity contribution in [2.24, 2.45) is 5.73 Å². The largest absolute Gasteiger partial charge is 0.393 e. The minimum absolute atomic E-state index is 0.147. The summed E-state index contributed by atoms with van der Waals surface area (Å²) in [5, 5.41) is 0. The molecule has 0 saturated carbocycles. The molecule has 2 N–H and O–H groups in total. The summed E-state index contributed by atoms with van der Waals surface area (Å²) >= 11 is 4.82. The highest BCUT2D eigenvalue weighted by Crippen LogP contribution is 2.06. The quantitative estimate of drug-likeness (QED) is 0.704. The van der Waals surface area contributed by atoms with E-state index in [4.69, 9.17) is 18.0 Å². The van der Waals surface area contributed by atoms with Gasteiger partial charge >= 0.3 is 0 Å². The lowest BCUT2D eigenvalue weighted by molar-refractivity contribution is -0.131. The van der Waals surface area contributed by atoms with Crippen molar-refractivity contribution in [2.75, 3.05) is 46.3 Å². The first-order chi connectivity index (χ1) is 8.90. The molecule has 1 rings (SSSR count). The van der Waals surface area contributed by atoms with Crippen LogP contribution in [0.15, 0.2) is 0 Å². The van der Waals surface area contributed by atoms with E-state index in [0.717, 1.165) is 26.2 Å². The molecule has 0 aromatic carbocycles. The molecular formula is C13H26N4OS. The van der Waals surface area contributed by atoms with Crippen LogP contribution in [0.2, 0.25) is 0 Å². The average molecular weight is 286 g/mol. The Labute approximate surface area is 121 Å². The number of nitrogens with zero attached hydrogens (tertiary/aromatic N) is 3. The smallest absolute Gasteiger partial charge is 0.236 e. The SMILES string of the molecule is CC(C)N1CCN(CC(=O)N(C)CCC(N)=S)CC1. The number of amides is 1. The van der Waals surface area contributed by atoms with Crippen molar-refractivity contribution in [2.45, 2.75) is 26.3 Å². The number of rotatable bonds is 6. The van der Waals surface area contributed by atoms with Crippen molar-refractivity contribution in [1.29, 1.82) is 0 Å². The number of thiocarbonyl (C=S) groups is 1. The molecule has 1 aliphatic heterocycles. The maximum atomic E-state index is 12.0. The van der Waals surface area contributed by atoms with Gasteiger partial charge in [0.15, 0.2) is 0 Å². The molecule has 110 valence electrons. The summed E-state index contributed by atoms with van der Waals surface area (Å²) in [5.74, 6) is 0.147. The van der Waals surface area contributed by atoms with Crippen LogP contribution in [-0.2, 0) is 4.79 Å². The Morgan fingerprint density at radius 2 is 1.89 bits per heavy atom. The molecule has 1 heterocycles. The number of piperazine rings is 1. The number of hydrogen-bond donors (Lipinski definition) is 1. The van der Waals surface area contributed by atoms with Crippen molar-refractivity contribution < 1.29 is 4.79 Å². The van der Waals surface area contributed by atoms with Gasteiger partial charge in [0.1, 0.15) is 0 Å². The molecule has 1 aliphatic rings. The highest BCUT2D eigenvalue weighted by Gasteiger charge is 2.21. The van der Waals surface area contributed by atoms with Crippen LogP contribution in [-0.4, -0.2) is 78.0 Å². The van der Waals surface area contributed by atoms with Crippen LogP contribution in [0.3, 0.4) is 0 Å². The summed E-state index contributed by atoms with van der Waals surface area (Å²) in [6.07, 6.45) is 0.596. The van der Waals surface area contributed by atoms with E-state index < -0.39 is 0 Å². The van der Waals surface area contributed by atoms with E-state index in [-0.39, 0.29) is 5.91 Å². The second-order valence-electron chi connectivity index (χ2n) is 5.44. The minimum Gasteiger partial charge on any atom is -0.393 e. The molecule has 0 unspecified atom stereocenters. The van der Waals surface area contributed by atoms with E-state index >= 15 is 0 Å². The molecule has 1 fully saturated rings. The lowest BCUT2D eigenvalue weighted by Gasteiger charge is -2.37. The number of hydrogen-bond acceptors (Lipinski definition) is 4. The van der Waals surface area contributed by atoms with Gasteiger partial charge in [0.25, 0.3) is 0 Å². The van der Waals surface area contributed by atoms with Crippen molar-refractivity contribution in [1.82, 2.24) is 14.7 Å². The summed E-state index contributed by atoms with van der Waals surface area (Å²) in [7, 11) is 1.81. The predicted octanol–water partition coefficient (Wildman–Crippen LogP) is 0.147. The van der Waals surface area contributed by atoms with Gasteiger partial charge in [-0.1, -0.05) is 12.2 Å². The lowest BCUT2D eigenvalue weighted by atomic mass is 10.2. The van der Waals surface area contributed by atoms with Gasteiger partial charge in [0.05, 0.1) is 11.5 Å². The first-order valence-corrected chi connectivity index (χ1v) is 7.29. The Hall–Kier alpha value is -0.720. The molecule has 0 bridgehead atoms. The lowest BCUT2D eigenvalue weighted by Crippen LogP contribution is -2.51. The van der Waals surface area contributed by atoms with Crippen LogP contribution in [0.4, 0.5) is 0 Å². The molecule has 0 aliphatic carbocycles. The Morgan fingerprint density at radius 3 is 2.37 bits per heavy atom. The molecule has 19 heavy (non-hydrogen) atoms. The van der Waals surface area contributed by atoms with Gasteiger partial charge in [0, 0.05) is 52.2 Å². The summed E-state index contributed by atoms with van der Waals surface area (Å²) in [6, 6.07) is 0.589. The van der Waals surface area contributed by atoms with Crippen LogP contribution in [0, 0.1) is 0 Å². The monoisotopic (exact) mass is 286 g/mol. The summed E-state index contributed by atoms with van der Waals surface area (Å²) < 4.78 is 0. The van der Waals surface area contributed by atoms with E-state index in [1.807, 2.05) is 7.05 Å². The van der Waals surface area contributed by atoms with Crippen LogP contribution in [0.1, 0.15) is 20.3 Å². The van der Waals surface area contributed by atoms with Gasteiger partial charge in [-0.25, -0.2) is 0 Å². The number of nitrogens with two attached hydrogens (primary N) is 1. The molecule has 0 aromatic rings. The highest BCUT2D eigenvalue weighted by molar-refractivity contribution is 7.80. The summed E-state index contributed by atoms with van der Waals surface area (Å²) in [5.41, 5.74) is 5.45. The van der Waals surface area contributed by atoms with Crippen LogP contribution in [0.5, 0.6) is 0 Å². The standard InChI is InChI=1S/C13H26N4OS/c1-11(2)17-8-6-16(7-9-17)10-13(18)15(3)5-4-12(14)19/h11H,4-10H2,1-3H3,(H2,14,19). The molecule has 0 aromatic heterocycles. The van der Waals surface area contributed by atoms with Gasteiger partial charge in [-0.15, -0.1) is 0 Å². The van der Waals surface area contributed by atoms with Crippen LogP contribution < -0.4 is 5.73 Å². The molecular weight excluding hydrogens is 260 g/mol. The fraction of sp³-hybridized carbons (Fsp3) is 0.846. The zero-order valence-electron chi connectivity index (χ0n) is 12.3. The first-order valence-electron chi connectivity index (χ1n) is 6.89. The molecule has 6 heteroatoms. The fourth-order valence-electron chi connectivity index (χ4n) is 2.15. The third-order valence-corrected chi connectivity index (χ3v) is 3.82. The highest BCUT2D eigenvalue weighted by atomic mass is 32.1. The Morgan fingerprint density at radius 1 is 1.32 bits per heavy atom. The van der Waals surface area contributed by atoms with Crippen molar-refractivity contribution in [3.05, 3.63) is 0 Å². The third-order valence-electron chi connectivity index (χ3n) is 3.62. The number of carbonyl (C=O) groups excluding carboxylic acids is 1. The predicted molar refractivity (Wildman–Crippen MR) is 82.2 cm³/mol. The zero-order valence-corrected chi connectivity index (χ0v) is 13.1. The van der Waals surface area contributed by atoms with E-state index in [0.29, 0.717) is 30.5 Å². The average Bonchev–Trinajstić information content (AvgIpc) is 2.36. The van der Waals surface area contributed by atoms with E-state index in [9.17, 15) is 4.79 Å². The molecule has 5 nitrogen and oxygen atoms in total. The van der Waals surface area contributed by atoms with E-state index in [1.54, 1.807) is 4.90 Å². The van der Waals surface area contributed by atoms with Crippen molar-refractivity contribution in [3.8, 4) is 0 Å². The maximum Gasteiger partial charge on any atom is 0.236 e. The Balaban J connectivity index is 2.28. The second-order valence-corrected chi connectivity index (χ2v) is 5.96. The molecule has 0 radical (unpaired) electrons. The Kier molecular flexibility index (Phi) is 6.68. The van der Waals surface area contributed by atoms with Crippen LogP contribution >= 0.6 is 12.2 Å². The second kappa shape index (κ2) is 7.77. The van der Waals surface area contributed by atoms with E-state index in [2.05, 4.69) is 23.6 Å². The van der Waals surface area contributed by atoms with Gasteiger partial charge in [0.2, 0.25) is 5.91 Å². The fourth-order valence-corrected chi connectivity index (χ4v) is 2.24. The minimum atomic E-state index is 0.147. The van der Waals surface area contributed by atoms with Crippen molar-refractivity contribution in [3.63, 3.8) is 0 Å². The third kappa shape index (κ3) is 5.84. The van der Waals surface area contributed by atoms with E-state index in [1.165, 1.54) is 0 Å². The number of likely N-dealkylation sites (N-methyl/N-ethyl adjacent to an activating group) is 1. The molecule has 1 amide bonds. The molecule has 0 atom stereocenters. The number of carbonyl (C=O) groups is 1. The molecule has 0 spiro atoms. The van der Waals surface area contributed by atoms with Gasteiger partial charge in [-0.05, 0) is 13.8 Å². The molecule has 1 saturated heterocycles. The van der Waals surface area contributed by atoms with Gasteiger partial charge < -0.3 is 10.6 Å². The summed E-state index contributed by atoms with van der Waals surface area (Å²) in [6.45, 7) is 9.55. The topological polar surface area (TPSA) is 52.8 Å². The van der Waals surface area contributed by atoms with Gasteiger partial charge in [-0.3, -0.25) is 14.6 Å². The maximum absolute atomic E-state index is 12.0. The van der Waals surface area contributed by atoms with Crippen molar-refractivity contribution >= 4 is 23.1 Å².